The number of fused-ring (bicyclic) bond motifs is 2. The van der Waals surface area contributed by atoms with Crippen LogP contribution < -0.4 is 20.9 Å². The Kier molecular flexibility index (Phi) is 5.42. The fraction of sp³-hybridized carbons (Fsp3) is 0.118. The third kappa shape index (κ3) is 3.52. The van der Waals surface area contributed by atoms with E-state index in [4.69, 9.17) is 0 Å². The van der Waals surface area contributed by atoms with E-state index in [0.29, 0.717) is 0 Å². The third-order valence-electron chi connectivity index (χ3n) is 7.68. The molecule has 0 aliphatic carbocycles. The van der Waals surface area contributed by atoms with Gasteiger partial charge in [-0.1, -0.05) is 136 Å². The van der Waals surface area contributed by atoms with Crippen molar-refractivity contribution < 1.29 is 0 Å². The second-order valence-corrected chi connectivity index (χ2v) is 15.4. The molecule has 6 rings (SSSR count). The van der Waals surface area contributed by atoms with Crippen LogP contribution in [0.3, 0.4) is 0 Å². The van der Waals surface area contributed by atoms with Crippen LogP contribution >= 0.6 is 0 Å². The summed E-state index contributed by atoms with van der Waals surface area (Å²) in [5.74, 6) is 0. The molecule has 0 spiro atoms. The van der Waals surface area contributed by atoms with Gasteiger partial charge in [-0.2, -0.15) is 0 Å². The quantitative estimate of drug-likeness (QED) is 0.266. The van der Waals surface area contributed by atoms with Crippen LogP contribution in [0.25, 0.3) is 22.3 Å². The Bertz CT molecular complexity index is 1520. The van der Waals surface area contributed by atoms with Crippen molar-refractivity contribution in [3.05, 3.63) is 127 Å². The Morgan fingerprint density at radius 1 is 0.472 bits per heavy atom. The maximum absolute atomic E-state index is 3.82. The first-order valence-corrected chi connectivity index (χ1v) is 14.7. The normalized spacial score (nSPS) is 16.5. The van der Waals surface area contributed by atoms with E-state index in [9.17, 15) is 0 Å². The van der Waals surface area contributed by atoms with Gasteiger partial charge in [0.2, 0.25) is 0 Å². The van der Waals surface area contributed by atoms with E-state index < -0.39 is 8.07 Å². The van der Waals surface area contributed by atoms with Crippen molar-refractivity contribution in [2.45, 2.75) is 25.8 Å². The smallest absolute Gasteiger partial charge is 0.158 e. The van der Waals surface area contributed by atoms with Crippen LogP contribution in [0.4, 0.5) is 11.4 Å². The molecule has 0 radical (unpaired) electrons. The molecule has 5 aromatic carbocycles. The molecule has 0 unspecified atom stereocenters. The Balaban J connectivity index is 1.59. The number of hydrogen-bond acceptors (Lipinski definition) is 1. The summed E-state index contributed by atoms with van der Waals surface area (Å²) in [5, 5.41) is 8.26. The van der Waals surface area contributed by atoms with Gasteiger partial charge in [-0.05, 0) is 55.0 Å². The molecule has 36 heavy (non-hydrogen) atoms. The van der Waals surface area contributed by atoms with Gasteiger partial charge in [-0.25, -0.2) is 0 Å². The Morgan fingerprint density at radius 2 is 0.972 bits per heavy atom. The minimum Gasteiger partial charge on any atom is -0.356 e. The van der Waals surface area contributed by atoms with Crippen molar-refractivity contribution in [3.8, 4) is 22.3 Å². The van der Waals surface area contributed by atoms with Crippen molar-refractivity contribution in [1.29, 1.82) is 0 Å². The molecular weight excluding hydrogens is 450 g/mol. The highest BCUT2D eigenvalue weighted by molar-refractivity contribution is 7.15. The van der Waals surface area contributed by atoms with Crippen LogP contribution in [0.5, 0.6) is 0 Å². The van der Waals surface area contributed by atoms with Crippen molar-refractivity contribution in [2.24, 2.45) is 0 Å². The van der Waals surface area contributed by atoms with Gasteiger partial charge in [-0.15, -0.1) is 0 Å². The van der Waals surface area contributed by atoms with E-state index in [-0.39, 0.29) is 5.04 Å². The number of nitrogens with one attached hydrogen (secondary N) is 1. The Morgan fingerprint density at radius 3 is 1.61 bits per heavy atom. The molecule has 5 aromatic rings. The van der Waals surface area contributed by atoms with Crippen LogP contribution in [0, 0.1) is 0 Å². The first kappa shape index (κ1) is 22.6. The Labute approximate surface area is 215 Å². The molecule has 176 valence electrons. The highest BCUT2D eigenvalue weighted by Crippen LogP contribution is 2.42. The number of anilines is 2. The maximum atomic E-state index is 3.82. The lowest BCUT2D eigenvalue weighted by Gasteiger charge is -2.48. The molecular formula is C34H31NSi. The lowest BCUT2D eigenvalue weighted by Crippen LogP contribution is -2.74. The van der Waals surface area contributed by atoms with E-state index in [1.165, 1.54) is 49.2 Å². The van der Waals surface area contributed by atoms with Crippen molar-refractivity contribution >= 4 is 35.0 Å². The molecule has 0 saturated carbocycles. The standard InChI is InChI=1S/C34H31NSi/c1-34(2,3)36(29-21-18-27(19-22-29)25-12-6-4-7-13-25)32-17-11-10-16-30(32)35-31-24-28(20-23-33(31)36)26-14-8-5-9-15-26/h4-24,35H,1-3H3/t36-/m1/s1. The van der Waals surface area contributed by atoms with Gasteiger partial charge in [0.05, 0.1) is 0 Å². The summed E-state index contributed by atoms with van der Waals surface area (Å²) in [4.78, 5) is 0. The average Bonchev–Trinajstić information content (AvgIpc) is 2.92. The second kappa shape index (κ2) is 8.65. The zero-order valence-electron chi connectivity index (χ0n) is 21.1. The van der Waals surface area contributed by atoms with E-state index in [1.54, 1.807) is 0 Å². The number of rotatable bonds is 3. The van der Waals surface area contributed by atoms with E-state index >= 15 is 0 Å². The molecule has 1 aliphatic heterocycles. The van der Waals surface area contributed by atoms with Gasteiger partial charge in [-0.3, -0.25) is 0 Å². The minimum atomic E-state index is -2.41. The van der Waals surface area contributed by atoms with Crippen LogP contribution in [-0.4, -0.2) is 8.07 Å². The van der Waals surface area contributed by atoms with Crippen LogP contribution in [-0.2, 0) is 0 Å². The molecule has 2 heteroatoms. The summed E-state index contributed by atoms with van der Waals surface area (Å²) in [5.41, 5.74) is 7.50. The topological polar surface area (TPSA) is 12.0 Å². The van der Waals surface area contributed by atoms with Gasteiger partial charge in [0.15, 0.2) is 8.07 Å². The monoisotopic (exact) mass is 481 g/mol. The van der Waals surface area contributed by atoms with Gasteiger partial charge in [0.1, 0.15) is 0 Å². The first-order valence-electron chi connectivity index (χ1n) is 12.7. The number of para-hydroxylation sites is 1. The predicted octanol–water partition coefficient (Wildman–Crippen LogP) is 7.35. The van der Waals surface area contributed by atoms with Crippen LogP contribution in [0.2, 0.25) is 5.04 Å². The molecule has 0 bridgehead atoms. The Hall–Kier alpha value is -3.88. The molecule has 1 nitrogen and oxygen atoms in total. The van der Waals surface area contributed by atoms with E-state index in [1.807, 2.05) is 0 Å². The first-order chi connectivity index (χ1) is 17.5. The molecule has 1 heterocycles. The fourth-order valence-electron chi connectivity index (χ4n) is 6.09. The summed E-state index contributed by atoms with van der Waals surface area (Å²) < 4.78 is 0. The molecule has 1 aliphatic rings. The maximum Gasteiger partial charge on any atom is 0.158 e. The zero-order valence-corrected chi connectivity index (χ0v) is 22.1. The molecule has 1 N–H and O–H groups in total. The summed E-state index contributed by atoms with van der Waals surface area (Å²) in [6.45, 7) is 7.30. The summed E-state index contributed by atoms with van der Waals surface area (Å²) in [6, 6.07) is 46.8. The third-order valence-corrected chi connectivity index (χ3v) is 13.6. The fourth-order valence-corrected chi connectivity index (χ4v) is 11.9. The molecule has 1 atom stereocenters. The molecule has 0 aromatic heterocycles. The summed E-state index contributed by atoms with van der Waals surface area (Å²) >= 11 is 0. The average molecular weight is 482 g/mol. The van der Waals surface area contributed by atoms with E-state index in [2.05, 4.69) is 153 Å². The molecule has 0 fully saturated rings. The number of benzene rings is 5. The molecule has 0 amide bonds. The SMILES string of the molecule is CC(C)(C)[Si@]1(c2ccc(-c3ccccc3)cc2)c2ccccc2Nc2cc(-c3ccccc3)ccc21. The van der Waals surface area contributed by atoms with Crippen molar-refractivity contribution in [2.75, 3.05) is 5.32 Å². The largest absolute Gasteiger partial charge is 0.356 e. The highest BCUT2D eigenvalue weighted by Gasteiger charge is 2.53. The lowest BCUT2D eigenvalue weighted by molar-refractivity contribution is 0.739. The van der Waals surface area contributed by atoms with Crippen LogP contribution in [0.15, 0.2) is 127 Å². The van der Waals surface area contributed by atoms with Gasteiger partial charge in [0, 0.05) is 11.4 Å². The highest BCUT2D eigenvalue weighted by atomic mass is 28.3. The van der Waals surface area contributed by atoms with Crippen LogP contribution in [0.1, 0.15) is 20.8 Å². The lowest BCUT2D eigenvalue weighted by atomic mass is 10.0. The second-order valence-electron chi connectivity index (χ2n) is 10.7. The number of hydrogen-bond donors (Lipinski definition) is 1. The minimum absolute atomic E-state index is 0.0580. The van der Waals surface area contributed by atoms with Crippen molar-refractivity contribution in [1.82, 2.24) is 0 Å². The van der Waals surface area contributed by atoms with Gasteiger partial charge in [0.25, 0.3) is 0 Å². The molecule has 0 saturated heterocycles. The summed E-state index contributed by atoms with van der Waals surface area (Å²) in [7, 11) is -2.41. The van der Waals surface area contributed by atoms with Gasteiger partial charge < -0.3 is 5.32 Å². The summed E-state index contributed by atoms with van der Waals surface area (Å²) in [6.07, 6.45) is 0. The van der Waals surface area contributed by atoms with Gasteiger partial charge >= 0.3 is 0 Å². The van der Waals surface area contributed by atoms with E-state index in [0.717, 1.165) is 0 Å². The van der Waals surface area contributed by atoms with Crippen molar-refractivity contribution in [3.63, 3.8) is 0 Å². The predicted molar refractivity (Wildman–Crippen MR) is 158 cm³/mol. The zero-order chi connectivity index (χ0) is 24.8.